The Morgan fingerprint density at radius 2 is 2.12 bits per heavy atom. The molecule has 1 aliphatic heterocycles. The third-order valence-corrected chi connectivity index (χ3v) is 2.95. The zero-order chi connectivity index (χ0) is 12.3. The summed E-state index contributed by atoms with van der Waals surface area (Å²) in [5, 5.41) is 2.58. The maximum atomic E-state index is 12.0. The molecule has 2 heterocycles. The SMILES string of the molecule is O=C(CCl)Nc1c[nH]c(C(=O)N2CCCC2)c1. The van der Waals surface area contributed by atoms with Crippen molar-refractivity contribution in [1.29, 1.82) is 0 Å². The Kier molecular flexibility index (Phi) is 3.68. The van der Waals surface area contributed by atoms with Crippen molar-refractivity contribution in [3.8, 4) is 0 Å². The molecule has 1 aliphatic rings. The van der Waals surface area contributed by atoms with Gasteiger partial charge in [0.1, 0.15) is 11.6 Å². The van der Waals surface area contributed by atoms with Crippen LogP contribution in [0.25, 0.3) is 0 Å². The first-order chi connectivity index (χ1) is 8.20. The Morgan fingerprint density at radius 3 is 2.76 bits per heavy atom. The fourth-order valence-electron chi connectivity index (χ4n) is 1.87. The molecule has 0 radical (unpaired) electrons. The Hall–Kier alpha value is -1.49. The third kappa shape index (κ3) is 2.79. The second-order valence-electron chi connectivity index (χ2n) is 3.98. The van der Waals surface area contributed by atoms with Gasteiger partial charge in [-0.2, -0.15) is 0 Å². The smallest absolute Gasteiger partial charge is 0.270 e. The summed E-state index contributed by atoms with van der Waals surface area (Å²) in [7, 11) is 0. The molecule has 0 atom stereocenters. The number of rotatable bonds is 3. The van der Waals surface area contributed by atoms with Crippen molar-refractivity contribution in [2.45, 2.75) is 12.8 Å². The van der Waals surface area contributed by atoms with E-state index in [1.165, 1.54) is 0 Å². The van der Waals surface area contributed by atoms with Crippen molar-refractivity contribution in [3.05, 3.63) is 18.0 Å². The van der Waals surface area contributed by atoms with Gasteiger partial charge in [0, 0.05) is 19.3 Å². The zero-order valence-corrected chi connectivity index (χ0v) is 10.1. The Balaban J connectivity index is 2.02. The van der Waals surface area contributed by atoms with Gasteiger partial charge in [0.05, 0.1) is 5.69 Å². The van der Waals surface area contributed by atoms with Crippen LogP contribution in [-0.4, -0.2) is 40.7 Å². The van der Waals surface area contributed by atoms with Gasteiger partial charge in [-0.05, 0) is 18.9 Å². The van der Waals surface area contributed by atoms with Crippen molar-refractivity contribution >= 4 is 29.1 Å². The summed E-state index contributed by atoms with van der Waals surface area (Å²) >= 11 is 5.38. The normalized spacial score (nSPS) is 15.0. The largest absolute Gasteiger partial charge is 0.355 e. The monoisotopic (exact) mass is 255 g/mol. The van der Waals surface area contributed by atoms with E-state index in [2.05, 4.69) is 10.3 Å². The van der Waals surface area contributed by atoms with Crippen molar-refractivity contribution in [1.82, 2.24) is 9.88 Å². The number of H-pyrrole nitrogens is 1. The number of nitrogens with zero attached hydrogens (tertiary/aromatic N) is 1. The molecule has 1 aromatic heterocycles. The van der Waals surface area contributed by atoms with Gasteiger partial charge in [-0.1, -0.05) is 0 Å². The predicted octanol–water partition coefficient (Wildman–Crippen LogP) is 1.43. The van der Waals surface area contributed by atoms with Crippen LogP contribution in [-0.2, 0) is 4.79 Å². The van der Waals surface area contributed by atoms with E-state index in [9.17, 15) is 9.59 Å². The number of halogens is 1. The second-order valence-corrected chi connectivity index (χ2v) is 4.25. The molecule has 6 heteroatoms. The standard InChI is InChI=1S/C11H14ClN3O2/c12-6-10(16)14-8-5-9(13-7-8)11(17)15-3-1-2-4-15/h5,7,13H,1-4,6H2,(H,14,16). The van der Waals surface area contributed by atoms with Gasteiger partial charge in [-0.3, -0.25) is 9.59 Å². The van der Waals surface area contributed by atoms with Crippen LogP contribution in [0.2, 0.25) is 0 Å². The highest BCUT2D eigenvalue weighted by atomic mass is 35.5. The number of hydrogen-bond acceptors (Lipinski definition) is 2. The number of alkyl halides is 1. The van der Waals surface area contributed by atoms with E-state index in [-0.39, 0.29) is 17.7 Å². The quantitative estimate of drug-likeness (QED) is 0.803. The molecule has 92 valence electrons. The maximum Gasteiger partial charge on any atom is 0.270 e. The Morgan fingerprint density at radius 1 is 1.41 bits per heavy atom. The van der Waals surface area contributed by atoms with E-state index in [1.807, 2.05) is 0 Å². The lowest BCUT2D eigenvalue weighted by Crippen LogP contribution is -2.27. The minimum Gasteiger partial charge on any atom is -0.355 e. The highest BCUT2D eigenvalue weighted by molar-refractivity contribution is 6.29. The fraction of sp³-hybridized carbons (Fsp3) is 0.455. The average Bonchev–Trinajstić information content (AvgIpc) is 2.98. The first kappa shape index (κ1) is 12.0. The lowest BCUT2D eigenvalue weighted by molar-refractivity contribution is -0.113. The van der Waals surface area contributed by atoms with Crippen molar-refractivity contribution in [3.63, 3.8) is 0 Å². The van der Waals surface area contributed by atoms with Gasteiger partial charge in [-0.15, -0.1) is 11.6 Å². The molecule has 0 aliphatic carbocycles. The summed E-state index contributed by atoms with van der Waals surface area (Å²) in [6, 6.07) is 1.63. The molecule has 0 bridgehead atoms. The fourth-order valence-corrected chi connectivity index (χ4v) is 1.94. The van der Waals surface area contributed by atoms with Crippen LogP contribution in [0, 0.1) is 0 Å². The maximum absolute atomic E-state index is 12.0. The second kappa shape index (κ2) is 5.23. The summed E-state index contributed by atoms with van der Waals surface area (Å²) in [5.74, 6) is -0.402. The summed E-state index contributed by atoms with van der Waals surface area (Å²) in [5.41, 5.74) is 1.06. The van der Waals surface area contributed by atoms with Crippen LogP contribution in [0.4, 0.5) is 5.69 Å². The molecule has 0 saturated carbocycles. The van der Waals surface area contributed by atoms with Gasteiger partial charge in [0.25, 0.3) is 5.91 Å². The number of carbonyl (C=O) groups excluding carboxylic acids is 2. The number of aromatic amines is 1. The molecular formula is C11H14ClN3O2. The first-order valence-corrected chi connectivity index (χ1v) is 6.07. The van der Waals surface area contributed by atoms with E-state index in [0.29, 0.717) is 11.4 Å². The number of hydrogen-bond donors (Lipinski definition) is 2. The number of likely N-dealkylation sites (tertiary alicyclic amines) is 1. The van der Waals surface area contributed by atoms with Crippen LogP contribution in [0.3, 0.4) is 0 Å². The number of anilines is 1. The van der Waals surface area contributed by atoms with E-state index in [1.54, 1.807) is 17.2 Å². The molecule has 0 aromatic carbocycles. The summed E-state index contributed by atoms with van der Waals surface area (Å²) in [4.78, 5) is 27.7. The summed E-state index contributed by atoms with van der Waals surface area (Å²) in [6.07, 6.45) is 3.71. The minimum absolute atomic E-state index is 0.0196. The average molecular weight is 256 g/mol. The molecule has 2 N–H and O–H groups in total. The van der Waals surface area contributed by atoms with Gasteiger partial charge < -0.3 is 15.2 Å². The lowest BCUT2D eigenvalue weighted by atomic mass is 10.3. The van der Waals surface area contributed by atoms with E-state index >= 15 is 0 Å². The molecule has 17 heavy (non-hydrogen) atoms. The van der Waals surface area contributed by atoms with Gasteiger partial charge in [0.2, 0.25) is 5.91 Å². The van der Waals surface area contributed by atoms with Crippen LogP contribution >= 0.6 is 11.6 Å². The minimum atomic E-state index is -0.286. The molecule has 2 amide bonds. The summed E-state index contributed by atoms with van der Waals surface area (Å²) < 4.78 is 0. The van der Waals surface area contributed by atoms with Crippen molar-refractivity contribution in [2.75, 3.05) is 24.3 Å². The molecule has 1 saturated heterocycles. The molecule has 5 nitrogen and oxygen atoms in total. The molecule has 0 unspecified atom stereocenters. The third-order valence-electron chi connectivity index (χ3n) is 2.71. The molecule has 0 spiro atoms. The molecule has 1 fully saturated rings. The highest BCUT2D eigenvalue weighted by Gasteiger charge is 2.20. The number of carbonyl (C=O) groups is 2. The van der Waals surface area contributed by atoms with Crippen LogP contribution < -0.4 is 5.32 Å². The van der Waals surface area contributed by atoms with E-state index in [4.69, 9.17) is 11.6 Å². The van der Waals surface area contributed by atoms with E-state index < -0.39 is 0 Å². The molecule has 1 aromatic rings. The zero-order valence-electron chi connectivity index (χ0n) is 9.33. The van der Waals surface area contributed by atoms with Gasteiger partial charge in [0.15, 0.2) is 0 Å². The Labute approximate surface area is 104 Å². The number of amides is 2. The van der Waals surface area contributed by atoms with Crippen LogP contribution in [0.15, 0.2) is 12.3 Å². The predicted molar refractivity (Wildman–Crippen MR) is 65.3 cm³/mol. The highest BCUT2D eigenvalue weighted by Crippen LogP contribution is 2.15. The number of aromatic nitrogens is 1. The van der Waals surface area contributed by atoms with Gasteiger partial charge >= 0.3 is 0 Å². The van der Waals surface area contributed by atoms with Gasteiger partial charge in [-0.25, -0.2) is 0 Å². The topological polar surface area (TPSA) is 65.2 Å². The lowest BCUT2D eigenvalue weighted by Gasteiger charge is -2.13. The molecular weight excluding hydrogens is 242 g/mol. The van der Waals surface area contributed by atoms with Crippen molar-refractivity contribution in [2.24, 2.45) is 0 Å². The van der Waals surface area contributed by atoms with Crippen LogP contribution in [0.5, 0.6) is 0 Å². The first-order valence-electron chi connectivity index (χ1n) is 5.54. The summed E-state index contributed by atoms with van der Waals surface area (Å²) in [6.45, 7) is 1.61. The van der Waals surface area contributed by atoms with E-state index in [0.717, 1.165) is 25.9 Å². The number of nitrogens with one attached hydrogen (secondary N) is 2. The van der Waals surface area contributed by atoms with Crippen molar-refractivity contribution < 1.29 is 9.59 Å². The Bertz CT molecular complexity index is 424. The molecule has 2 rings (SSSR count). The van der Waals surface area contributed by atoms with Crippen LogP contribution in [0.1, 0.15) is 23.3 Å².